The summed E-state index contributed by atoms with van der Waals surface area (Å²) in [6.45, 7) is 1.09. The van der Waals surface area contributed by atoms with E-state index >= 15 is 0 Å². The molecule has 162 valence electrons. The van der Waals surface area contributed by atoms with Gasteiger partial charge in [-0.15, -0.1) is 5.10 Å². The molecule has 1 aliphatic heterocycles. The quantitative estimate of drug-likeness (QED) is 0.373. The lowest BCUT2D eigenvalue weighted by molar-refractivity contribution is 0.102. The Morgan fingerprint density at radius 3 is 2.39 bits per heavy atom. The fourth-order valence-corrected chi connectivity index (χ4v) is 5.56. The van der Waals surface area contributed by atoms with E-state index in [4.69, 9.17) is 4.74 Å². The highest BCUT2D eigenvalue weighted by Gasteiger charge is 2.27. The van der Waals surface area contributed by atoms with Crippen molar-refractivity contribution in [2.75, 3.05) is 26.0 Å². The van der Waals surface area contributed by atoms with Crippen LogP contribution in [0, 0.1) is 0 Å². The molecule has 11 heteroatoms. The van der Waals surface area contributed by atoms with Crippen LogP contribution in [-0.4, -0.2) is 64.7 Å². The Kier molecular flexibility index (Phi) is 6.35. The maximum absolute atomic E-state index is 12.6. The molecule has 0 radical (unpaired) electrons. The summed E-state index contributed by atoms with van der Waals surface area (Å²) in [6, 6.07) is 13.3. The van der Waals surface area contributed by atoms with Gasteiger partial charge in [0.05, 0.1) is 23.4 Å². The fraction of sp³-hybridized carbons (Fsp3) is 0.300. The van der Waals surface area contributed by atoms with Gasteiger partial charge in [-0.2, -0.15) is 8.99 Å². The third-order valence-electron chi connectivity index (χ3n) is 4.97. The van der Waals surface area contributed by atoms with Crippen molar-refractivity contribution in [2.24, 2.45) is 0 Å². The lowest BCUT2D eigenvalue weighted by atomic mass is 10.1. The minimum absolute atomic E-state index is 0.120. The second-order valence-corrected chi connectivity index (χ2v) is 9.80. The van der Waals surface area contributed by atoms with Gasteiger partial charge in [0.15, 0.2) is 5.78 Å². The van der Waals surface area contributed by atoms with Crippen molar-refractivity contribution in [1.82, 2.24) is 24.5 Å². The number of carbonyl (C=O) groups is 1. The minimum Gasteiger partial charge on any atom is -0.497 e. The van der Waals surface area contributed by atoms with Gasteiger partial charge in [0, 0.05) is 18.7 Å². The molecule has 1 aliphatic rings. The Morgan fingerprint density at radius 2 is 1.74 bits per heavy atom. The van der Waals surface area contributed by atoms with Crippen molar-refractivity contribution < 1.29 is 17.9 Å². The van der Waals surface area contributed by atoms with Crippen LogP contribution < -0.4 is 4.74 Å². The molecule has 1 fully saturated rings. The van der Waals surface area contributed by atoms with E-state index in [1.54, 1.807) is 36.1 Å². The third kappa shape index (κ3) is 4.63. The molecule has 4 rings (SSSR count). The van der Waals surface area contributed by atoms with E-state index in [1.807, 2.05) is 12.1 Å². The molecule has 1 aromatic heterocycles. The molecule has 0 bridgehead atoms. The van der Waals surface area contributed by atoms with Crippen LogP contribution in [0.4, 0.5) is 0 Å². The number of aromatic nitrogens is 4. The van der Waals surface area contributed by atoms with Gasteiger partial charge in [0.2, 0.25) is 15.2 Å². The third-order valence-corrected chi connectivity index (χ3v) is 7.80. The first-order chi connectivity index (χ1) is 15.0. The van der Waals surface area contributed by atoms with Gasteiger partial charge in [-0.1, -0.05) is 23.9 Å². The number of benzene rings is 2. The van der Waals surface area contributed by atoms with Crippen molar-refractivity contribution in [2.45, 2.75) is 22.9 Å². The van der Waals surface area contributed by atoms with Gasteiger partial charge < -0.3 is 4.74 Å². The normalized spacial score (nSPS) is 14.6. The number of carbonyl (C=O) groups excluding carboxylic acids is 1. The molecule has 0 spiro atoms. The summed E-state index contributed by atoms with van der Waals surface area (Å²) in [5, 5.41) is 12.1. The summed E-state index contributed by atoms with van der Waals surface area (Å²) < 4.78 is 33.4. The zero-order chi connectivity index (χ0) is 21.8. The van der Waals surface area contributed by atoms with Gasteiger partial charge in [0.25, 0.3) is 0 Å². The summed E-state index contributed by atoms with van der Waals surface area (Å²) in [7, 11) is -1.90. The van der Waals surface area contributed by atoms with Crippen LogP contribution in [0.2, 0.25) is 0 Å². The summed E-state index contributed by atoms with van der Waals surface area (Å²) in [4.78, 5) is 12.8. The van der Waals surface area contributed by atoms with Gasteiger partial charge in [-0.25, -0.2) is 8.42 Å². The lowest BCUT2D eigenvalue weighted by Crippen LogP contribution is -2.27. The van der Waals surface area contributed by atoms with E-state index in [9.17, 15) is 13.2 Å². The minimum atomic E-state index is -3.49. The van der Waals surface area contributed by atoms with Crippen LogP contribution in [0.1, 0.15) is 23.2 Å². The van der Waals surface area contributed by atoms with Crippen molar-refractivity contribution >= 4 is 27.6 Å². The molecule has 31 heavy (non-hydrogen) atoms. The molecule has 3 aromatic rings. The van der Waals surface area contributed by atoms with Gasteiger partial charge >= 0.3 is 0 Å². The summed E-state index contributed by atoms with van der Waals surface area (Å²) >= 11 is 1.21. The largest absolute Gasteiger partial charge is 0.497 e. The number of methoxy groups -OCH3 is 1. The van der Waals surface area contributed by atoms with Crippen molar-refractivity contribution in [3.8, 4) is 11.4 Å². The number of hydrogen-bond donors (Lipinski definition) is 0. The fourth-order valence-electron chi connectivity index (χ4n) is 3.26. The Labute approximate surface area is 184 Å². The molecule has 0 saturated carbocycles. The van der Waals surface area contributed by atoms with Gasteiger partial charge in [-0.3, -0.25) is 4.79 Å². The van der Waals surface area contributed by atoms with E-state index in [0.29, 0.717) is 23.8 Å². The second-order valence-electron chi connectivity index (χ2n) is 6.92. The highest BCUT2D eigenvalue weighted by Crippen LogP contribution is 2.23. The number of tetrazole rings is 1. The lowest BCUT2D eigenvalue weighted by Gasteiger charge is -2.15. The van der Waals surface area contributed by atoms with Crippen LogP contribution in [0.5, 0.6) is 5.75 Å². The van der Waals surface area contributed by atoms with E-state index < -0.39 is 10.0 Å². The van der Waals surface area contributed by atoms with Crippen molar-refractivity contribution in [3.63, 3.8) is 0 Å². The molecular weight excluding hydrogens is 438 g/mol. The topological polar surface area (TPSA) is 107 Å². The molecule has 9 nitrogen and oxygen atoms in total. The number of thioether (sulfide) groups is 1. The molecule has 0 N–H and O–H groups in total. The van der Waals surface area contributed by atoms with E-state index in [1.165, 1.54) is 28.2 Å². The standard InChI is InChI=1S/C20H21N5O4S2/c1-29-17-8-6-16(7-9-17)25-20(21-22-23-25)30-14-19(26)15-4-10-18(11-5-15)31(27,28)24-12-2-3-13-24/h4-11H,2-3,12-14H2,1H3. The second kappa shape index (κ2) is 9.16. The van der Waals surface area contributed by atoms with Crippen molar-refractivity contribution in [3.05, 3.63) is 54.1 Å². The molecule has 0 atom stereocenters. The van der Waals surface area contributed by atoms with Gasteiger partial charge in [-0.05, 0) is 59.7 Å². The molecule has 0 aliphatic carbocycles. The first kappa shape index (κ1) is 21.5. The highest BCUT2D eigenvalue weighted by molar-refractivity contribution is 7.99. The predicted octanol–water partition coefficient (Wildman–Crippen LogP) is 2.43. The van der Waals surface area contributed by atoms with E-state index in [2.05, 4.69) is 15.5 Å². The van der Waals surface area contributed by atoms with Gasteiger partial charge in [0.1, 0.15) is 5.75 Å². The first-order valence-corrected chi connectivity index (χ1v) is 12.1. The smallest absolute Gasteiger partial charge is 0.243 e. The van der Waals surface area contributed by atoms with Crippen LogP contribution >= 0.6 is 11.8 Å². The Morgan fingerprint density at radius 1 is 1.06 bits per heavy atom. The summed E-state index contributed by atoms with van der Waals surface area (Å²) in [5.74, 6) is 0.699. The molecular formula is C20H21N5O4S2. The number of ether oxygens (including phenoxy) is 1. The number of sulfonamides is 1. The first-order valence-electron chi connectivity index (χ1n) is 9.68. The maximum atomic E-state index is 12.6. The number of hydrogen-bond acceptors (Lipinski definition) is 8. The SMILES string of the molecule is COc1ccc(-n2nnnc2SCC(=O)c2ccc(S(=O)(=O)N3CCCC3)cc2)cc1. The molecule has 2 aromatic carbocycles. The summed E-state index contributed by atoms with van der Waals surface area (Å²) in [6.07, 6.45) is 1.76. The van der Waals surface area contributed by atoms with E-state index in [-0.39, 0.29) is 16.4 Å². The Bertz CT molecular complexity index is 1160. The number of ketones is 1. The molecule has 1 saturated heterocycles. The average Bonchev–Trinajstić information content (AvgIpc) is 3.50. The van der Waals surface area contributed by atoms with E-state index in [0.717, 1.165) is 24.3 Å². The predicted molar refractivity (Wildman–Crippen MR) is 115 cm³/mol. The Balaban J connectivity index is 1.42. The van der Waals surface area contributed by atoms with Crippen LogP contribution in [0.3, 0.4) is 0 Å². The number of Topliss-reactive ketones (excluding diaryl/α,β-unsaturated/α-hetero) is 1. The molecule has 0 unspecified atom stereocenters. The van der Waals surface area contributed by atoms with Crippen molar-refractivity contribution in [1.29, 1.82) is 0 Å². The number of nitrogens with zero attached hydrogens (tertiary/aromatic N) is 5. The zero-order valence-corrected chi connectivity index (χ0v) is 18.5. The zero-order valence-electron chi connectivity index (χ0n) is 16.8. The number of rotatable bonds is 8. The molecule has 0 amide bonds. The van der Waals surface area contributed by atoms with Crippen LogP contribution in [0.25, 0.3) is 5.69 Å². The highest BCUT2D eigenvalue weighted by atomic mass is 32.2. The Hall–Kier alpha value is -2.76. The molecule has 2 heterocycles. The average molecular weight is 460 g/mol. The maximum Gasteiger partial charge on any atom is 0.243 e. The monoisotopic (exact) mass is 459 g/mol. The summed E-state index contributed by atoms with van der Waals surface area (Å²) in [5.41, 5.74) is 1.19. The van der Waals surface area contributed by atoms with Crippen LogP contribution in [-0.2, 0) is 10.0 Å². The van der Waals surface area contributed by atoms with Crippen LogP contribution in [0.15, 0.2) is 58.6 Å².